The summed E-state index contributed by atoms with van der Waals surface area (Å²) in [6, 6.07) is 18.1. The Morgan fingerprint density at radius 1 is 0.857 bits per heavy atom. The summed E-state index contributed by atoms with van der Waals surface area (Å²) < 4.78 is 28.2. The minimum atomic E-state index is -3.74. The number of carbonyl (C=O) groups excluding carboxylic acids is 2. The monoisotopic (exact) mass is 497 g/mol. The molecule has 0 radical (unpaired) electrons. The lowest BCUT2D eigenvalue weighted by Crippen LogP contribution is -2.45. The summed E-state index contributed by atoms with van der Waals surface area (Å²) in [5, 5.41) is 3.92. The van der Waals surface area contributed by atoms with Crippen molar-refractivity contribution in [3.8, 4) is 0 Å². The van der Waals surface area contributed by atoms with Crippen LogP contribution in [0.25, 0.3) is 10.8 Å². The molecule has 186 valence electrons. The first-order valence-corrected chi connectivity index (χ1v) is 12.9. The Labute approximate surface area is 206 Å². The molecule has 0 heterocycles. The number of fused-ring (bicyclic) bond motifs is 1. The Bertz CT molecular complexity index is 1290. The summed E-state index contributed by atoms with van der Waals surface area (Å²) in [4.78, 5) is 30.6. The summed E-state index contributed by atoms with van der Waals surface area (Å²) in [5.41, 5.74) is 3.86. The van der Waals surface area contributed by atoms with Crippen molar-refractivity contribution in [1.29, 1.82) is 0 Å². The number of hydrogen-bond acceptors (Lipinski definition) is 6. The average molecular weight is 498 g/mol. The Morgan fingerprint density at radius 3 is 2.17 bits per heavy atom. The fourth-order valence-corrected chi connectivity index (χ4v) is 5.10. The van der Waals surface area contributed by atoms with E-state index in [1.54, 1.807) is 44.2 Å². The van der Waals surface area contributed by atoms with Crippen molar-refractivity contribution in [2.75, 3.05) is 5.32 Å². The third kappa shape index (κ3) is 6.88. The van der Waals surface area contributed by atoms with Crippen LogP contribution in [0.1, 0.15) is 33.3 Å². The molecule has 0 aliphatic carbocycles. The second-order valence-corrected chi connectivity index (χ2v) is 10.6. The molecule has 0 spiro atoms. The number of hydrogen-bond donors (Lipinski definition) is 3. The molecular formula is C26H31N3O5S. The average Bonchev–Trinajstić information content (AvgIpc) is 2.78. The first-order chi connectivity index (χ1) is 16.6. The van der Waals surface area contributed by atoms with Gasteiger partial charge in [0.15, 0.2) is 0 Å². The van der Waals surface area contributed by atoms with E-state index < -0.39 is 27.9 Å². The number of sulfonamides is 1. The van der Waals surface area contributed by atoms with Crippen LogP contribution in [0.3, 0.4) is 0 Å². The van der Waals surface area contributed by atoms with Gasteiger partial charge in [-0.15, -0.1) is 5.48 Å². The van der Waals surface area contributed by atoms with Crippen LogP contribution in [0.15, 0.2) is 71.6 Å². The Morgan fingerprint density at radius 2 is 1.51 bits per heavy atom. The molecule has 3 aromatic rings. The molecule has 3 aromatic carbocycles. The number of amides is 1. The van der Waals surface area contributed by atoms with Crippen LogP contribution < -0.4 is 15.5 Å². The van der Waals surface area contributed by atoms with Gasteiger partial charge < -0.3 is 10.2 Å². The third-order valence-corrected chi connectivity index (χ3v) is 6.98. The number of rotatable bonds is 10. The third-order valence-electron chi connectivity index (χ3n) is 5.26. The molecule has 0 saturated carbocycles. The Hall–Kier alpha value is -3.27. The van der Waals surface area contributed by atoms with E-state index in [9.17, 15) is 18.0 Å². The highest BCUT2D eigenvalue weighted by Gasteiger charge is 2.25. The standard InChI is InChI=1S/C26H31N3O5S/c1-17(2)25(28-34-24(30)16-19-10-6-5-7-11-19)26(31)27-22-14-8-13-21-20(22)12-9-15-23(21)35(32,33)29-18(3)4/h5-15,17-18,25,28-29H,16H2,1-4H3,(H,27,31)/t25-/m1/s1. The fourth-order valence-electron chi connectivity index (χ4n) is 3.63. The van der Waals surface area contributed by atoms with Crippen molar-refractivity contribution < 1.29 is 22.8 Å². The van der Waals surface area contributed by atoms with Gasteiger partial charge in [0.25, 0.3) is 0 Å². The molecule has 0 aromatic heterocycles. The number of anilines is 1. The smallest absolute Gasteiger partial charge is 0.329 e. The lowest BCUT2D eigenvalue weighted by molar-refractivity contribution is -0.154. The summed E-state index contributed by atoms with van der Waals surface area (Å²) in [6.45, 7) is 7.15. The minimum Gasteiger partial charge on any atom is -0.370 e. The molecule has 0 bridgehead atoms. The first kappa shape index (κ1) is 26.3. The van der Waals surface area contributed by atoms with Gasteiger partial charge in [-0.25, -0.2) is 13.1 Å². The molecule has 3 N–H and O–H groups in total. The maximum Gasteiger partial charge on any atom is 0.329 e. The molecule has 0 unspecified atom stereocenters. The number of carbonyl (C=O) groups is 2. The highest BCUT2D eigenvalue weighted by Crippen LogP contribution is 2.29. The van der Waals surface area contributed by atoms with Gasteiger partial charge in [-0.1, -0.05) is 68.4 Å². The second-order valence-electron chi connectivity index (χ2n) is 8.90. The Balaban J connectivity index is 1.78. The molecule has 3 rings (SSSR count). The summed E-state index contributed by atoms with van der Waals surface area (Å²) in [7, 11) is -3.74. The van der Waals surface area contributed by atoms with Crippen molar-refractivity contribution in [2.24, 2.45) is 5.92 Å². The van der Waals surface area contributed by atoms with Gasteiger partial charge in [-0.05, 0) is 37.5 Å². The summed E-state index contributed by atoms with van der Waals surface area (Å²) in [6.07, 6.45) is 0.0747. The molecule has 0 saturated heterocycles. The number of nitrogens with one attached hydrogen (secondary N) is 3. The predicted molar refractivity (Wildman–Crippen MR) is 136 cm³/mol. The van der Waals surface area contributed by atoms with E-state index in [4.69, 9.17) is 4.84 Å². The fraction of sp³-hybridized carbons (Fsp3) is 0.308. The van der Waals surface area contributed by atoms with E-state index in [1.807, 2.05) is 44.2 Å². The van der Waals surface area contributed by atoms with Crippen molar-refractivity contribution in [1.82, 2.24) is 10.2 Å². The summed E-state index contributed by atoms with van der Waals surface area (Å²) >= 11 is 0. The zero-order valence-electron chi connectivity index (χ0n) is 20.2. The predicted octanol–water partition coefficient (Wildman–Crippen LogP) is 3.78. The van der Waals surface area contributed by atoms with Crippen LogP contribution in [0.5, 0.6) is 0 Å². The van der Waals surface area contributed by atoms with Crippen molar-refractivity contribution in [3.63, 3.8) is 0 Å². The topological polar surface area (TPSA) is 114 Å². The van der Waals surface area contributed by atoms with E-state index in [2.05, 4.69) is 15.5 Å². The van der Waals surface area contributed by atoms with Gasteiger partial charge in [-0.2, -0.15) is 0 Å². The van der Waals surface area contributed by atoms with E-state index in [0.717, 1.165) is 5.56 Å². The zero-order valence-corrected chi connectivity index (χ0v) is 21.1. The molecule has 9 heteroatoms. The first-order valence-electron chi connectivity index (χ1n) is 11.4. The van der Waals surface area contributed by atoms with Crippen LogP contribution >= 0.6 is 0 Å². The van der Waals surface area contributed by atoms with Crippen LogP contribution in [0.4, 0.5) is 5.69 Å². The van der Waals surface area contributed by atoms with Gasteiger partial charge in [0.2, 0.25) is 15.9 Å². The van der Waals surface area contributed by atoms with Gasteiger partial charge in [0, 0.05) is 22.5 Å². The van der Waals surface area contributed by atoms with E-state index in [1.165, 1.54) is 6.07 Å². The molecule has 35 heavy (non-hydrogen) atoms. The van der Waals surface area contributed by atoms with Crippen molar-refractivity contribution in [2.45, 2.75) is 51.1 Å². The lowest BCUT2D eigenvalue weighted by Gasteiger charge is -2.21. The quantitative estimate of drug-likeness (QED) is 0.368. The highest BCUT2D eigenvalue weighted by atomic mass is 32.2. The maximum atomic E-state index is 13.1. The largest absolute Gasteiger partial charge is 0.370 e. The molecule has 1 amide bonds. The van der Waals surface area contributed by atoms with Crippen molar-refractivity contribution in [3.05, 3.63) is 72.3 Å². The van der Waals surface area contributed by atoms with Gasteiger partial charge in [-0.3, -0.25) is 9.59 Å². The van der Waals surface area contributed by atoms with Crippen LogP contribution in [0.2, 0.25) is 0 Å². The summed E-state index contributed by atoms with van der Waals surface area (Å²) in [5.74, 6) is -1.11. The van der Waals surface area contributed by atoms with Crippen LogP contribution in [0, 0.1) is 5.92 Å². The van der Waals surface area contributed by atoms with Crippen LogP contribution in [-0.4, -0.2) is 32.4 Å². The lowest BCUT2D eigenvalue weighted by atomic mass is 10.0. The minimum absolute atomic E-state index is 0.0747. The SMILES string of the molecule is CC(C)NS(=O)(=O)c1cccc2c(NC(=O)[C@H](NOC(=O)Cc3ccccc3)C(C)C)cccc12. The van der Waals surface area contributed by atoms with Gasteiger partial charge in [0.1, 0.15) is 6.04 Å². The molecule has 8 nitrogen and oxygen atoms in total. The molecular weight excluding hydrogens is 466 g/mol. The van der Waals surface area contributed by atoms with E-state index in [-0.39, 0.29) is 23.3 Å². The maximum absolute atomic E-state index is 13.1. The molecule has 0 aliphatic rings. The number of hydroxylamine groups is 1. The van der Waals surface area contributed by atoms with E-state index in [0.29, 0.717) is 16.5 Å². The zero-order chi connectivity index (χ0) is 25.6. The normalized spacial score (nSPS) is 12.6. The van der Waals surface area contributed by atoms with Gasteiger partial charge >= 0.3 is 5.97 Å². The molecule has 0 aliphatic heterocycles. The molecule has 0 fully saturated rings. The second kappa shape index (κ2) is 11.4. The van der Waals surface area contributed by atoms with Crippen molar-refractivity contribution >= 4 is 38.4 Å². The van der Waals surface area contributed by atoms with E-state index >= 15 is 0 Å². The molecule has 1 atom stereocenters. The van der Waals surface area contributed by atoms with Crippen LogP contribution in [-0.2, 0) is 30.9 Å². The Kier molecular flexibility index (Phi) is 8.61. The number of benzene rings is 3. The highest BCUT2D eigenvalue weighted by molar-refractivity contribution is 7.89. The van der Waals surface area contributed by atoms with Gasteiger partial charge in [0.05, 0.1) is 11.3 Å².